The summed E-state index contributed by atoms with van der Waals surface area (Å²) in [4.78, 5) is 8.56. The summed E-state index contributed by atoms with van der Waals surface area (Å²) in [6.07, 6.45) is 8.01. The number of hydrogen-bond donors (Lipinski definition) is 0. The predicted octanol–water partition coefficient (Wildman–Crippen LogP) is 3.94. The molecule has 1 saturated carbocycles. The summed E-state index contributed by atoms with van der Waals surface area (Å²) in [5, 5.41) is 8.40. The minimum atomic E-state index is -0.475. The maximum absolute atomic E-state index is 14.5. The molecule has 136 valence electrons. The van der Waals surface area contributed by atoms with E-state index < -0.39 is 5.82 Å². The number of hydrogen-bond acceptors (Lipinski definition) is 5. The van der Waals surface area contributed by atoms with Gasteiger partial charge in [-0.1, -0.05) is 20.8 Å². The van der Waals surface area contributed by atoms with Gasteiger partial charge in [-0.25, -0.2) is 9.37 Å². The van der Waals surface area contributed by atoms with Crippen LogP contribution in [0.1, 0.15) is 52.8 Å². The summed E-state index contributed by atoms with van der Waals surface area (Å²) in [7, 11) is 0. The van der Waals surface area contributed by atoms with Crippen molar-refractivity contribution in [2.24, 2.45) is 0 Å². The molecule has 0 saturated heterocycles. The molecule has 0 radical (unpaired) electrons. The van der Waals surface area contributed by atoms with Gasteiger partial charge in [-0.3, -0.25) is 9.38 Å². The van der Waals surface area contributed by atoms with Crippen LogP contribution in [0, 0.1) is 5.82 Å². The van der Waals surface area contributed by atoms with Crippen LogP contribution in [0.15, 0.2) is 24.7 Å². The van der Waals surface area contributed by atoms with Crippen LogP contribution in [0.4, 0.5) is 4.39 Å². The van der Waals surface area contributed by atoms with Gasteiger partial charge in [0.25, 0.3) is 5.88 Å². The molecular weight excluding hydrogens is 333 g/mol. The Morgan fingerprint density at radius 3 is 2.54 bits per heavy atom. The molecule has 0 aliphatic heterocycles. The molecule has 1 aliphatic rings. The molecule has 1 fully saturated rings. The maximum Gasteiger partial charge on any atom is 0.250 e. The molecule has 3 aromatic heterocycles. The lowest BCUT2D eigenvalue weighted by atomic mass is 9.82. The predicted molar refractivity (Wildman–Crippen MR) is 95.6 cm³/mol. The highest BCUT2D eigenvalue weighted by Gasteiger charge is 2.35. The van der Waals surface area contributed by atoms with Crippen LogP contribution < -0.4 is 4.74 Å². The average Bonchev–Trinajstić information content (AvgIpc) is 2.98. The third kappa shape index (κ3) is 2.91. The van der Waals surface area contributed by atoms with Crippen LogP contribution in [0.25, 0.3) is 16.9 Å². The first kappa shape index (κ1) is 16.9. The zero-order valence-corrected chi connectivity index (χ0v) is 15.5. The number of aromatic nitrogens is 5. The third-order valence-corrected chi connectivity index (χ3v) is 4.82. The van der Waals surface area contributed by atoms with E-state index in [1.165, 1.54) is 6.07 Å². The Bertz CT molecular complexity index is 972. The lowest BCUT2D eigenvalue weighted by Gasteiger charge is -2.38. The van der Waals surface area contributed by atoms with Gasteiger partial charge in [0, 0.05) is 23.4 Å². The van der Waals surface area contributed by atoms with Crippen LogP contribution >= 0.6 is 0 Å². The monoisotopic (exact) mass is 355 g/mol. The number of halogens is 1. The van der Waals surface area contributed by atoms with Gasteiger partial charge < -0.3 is 4.74 Å². The van der Waals surface area contributed by atoms with E-state index in [9.17, 15) is 4.39 Å². The lowest BCUT2D eigenvalue weighted by molar-refractivity contribution is 0.00366. The summed E-state index contributed by atoms with van der Waals surface area (Å²) in [6, 6.07) is 1.42. The van der Waals surface area contributed by atoms with Crippen molar-refractivity contribution >= 4 is 5.65 Å². The van der Waals surface area contributed by atoms with E-state index in [4.69, 9.17) is 4.74 Å². The van der Waals surface area contributed by atoms with E-state index in [1.54, 1.807) is 12.4 Å². The highest BCUT2D eigenvalue weighted by Crippen LogP contribution is 2.36. The minimum absolute atomic E-state index is 0.0525. The maximum atomic E-state index is 14.5. The van der Waals surface area contributed by atoms with Gasteiger partial charge in [-0.15, -0.1) is 10.2 Å². The first-order chi connectivity index (χ1) is 12.3. The van der Waals surface area contributed by atoms with Crippen LogP contribution in [0.5, 0.6) is 5.88 Å². The Kier molecular flexibility index (Phi) is 3.71. The smallest absolute Gasteiger partial charge is 0.250 e. The van der Waals surface area contributed by atoms with Crippen molar-refractivity contribution in [3.63, 3.8) is 0 Å². The van der Waals surface area contributed by atoms with E-state index in [-0.39, 0.29) is 16.9 Å². The van der Waals surface area contributed by atoms with Gasteiger partial charge in [0.2, 0.25) is 0 Å². The Morgan fingerprint density at radius 1 is 1.15 bits per heavy atom. The second-order valence-electron chi connectivity index (χ2n) is 8.19. The first-order valence-electron chi connectivity index (χ1n) is 8.81. The average molecular weight is 355 g/mol. The normalized spacial score (nSPS) is 16.5. The van der Waals surface area contributed by atoms with Crippen LogP contribution in [0.2, 0.25) is 0 Å². The summed E-state index contributed by atoms with van der Waals surface area (Å²) in [5.41, 5.74) is 1.39. The second-order valence-corrected chi connectivity index (χ2v) is 8.19. The molecule has 0 aromatic carbocycles. The Morgan fingerprint density at radius 2 is 1.92 bits per heavy atom. The van der Waals surface area contributed by atoms with Crippen molar-refractivity contribution in [2.75, 3.05) is 0 Å². The van der Waals surface area contributed by atoms with E-state index >= 15 is 0 Å². The van der Waals surface area contributed by atoms with Crippen molar-refractivity contribution in [2.45, 2.75) is 58.0 Å². The Balaban J connectivity index is 1.70. The molecule has 26 heavy (non-hydrogen) atoms. The van der Waals surface area contributed by atoms with Crippen LogP contribution in [0.3, 0.4) is 0 Å². The molecule has 0 unspecified atom stereocenters. The molecule has 6 nitrogen and oxygen atoms in total. The molecule has 0 spiro atoms. The number of rotatable bonds is 3. The fraction of sp³-hybridized carbons (Fsp3) is 0.474. The summed E-state index contributed by atoms with van der Waals surface area (Å²) >= 11 is 0. The van der Waals surface area contributed by atoms with Crippen molar-refractivity contribution in [3.8, 4) is 17.1 Å². The number of ether oxygens (including phenoxy) is 1. The molecule has 7 heteroatoms. The second kappa shape index (κ2) is 5.72. The van der Waals surface area contributed by atoms with Gasteiger partial charge >= 0.3 is 0 Å². The first-order valence-corrected chi connectivity index (χ1v) is 8.81. The van der Waals surface area contributed by atoms with E-state index in [1.807, 2.05) is 17.5 Å². The van der Waals surface area contributed by atoms with E-state index in [2.05, 4.69) is 40.9 Å². The zero-order valence-electron chi connectivity index (χ0n) is 15.5. The van der Waals surface area contributed by atoms with Crippen LogP contribution in [-0.2, 0) is 5.41 Å². The quantitative estimate of drug-likeness (QED) is 0.712. The standard InChI is InChI=1S/C19H22FN5O/c1-18(2,3)17-24-23-15-10-21-14(11-25(15)17)12-8-13(20)16(22-9-12)26-19(4)6-5-7-19/h8-11H,5-7H2,1-4H3. The lowest BCUT2D eigenvalue weighted by Crippen LogP contribution is -2.40. The van der Waals surface area contributed by atoms with Crippen LogP contribution in [-0.4, -0.2) is 30.2 Å². The topological polar surface area (TPSA) is 65.2 Å². The molecular formula is C19H22FN5O. The molecule has 3 heterocycles. The van der Waals surface area contributed by atoms with Gasteiger partial charge in [-0.05, 0) is 32.3 Å². The largest absolute Gasteiger partial charge is 0.469 e. The van der Waals surface area contributed by atoms with Crippen molar-refractivity contribution in [1.29, 1.82) is 0 Å². The molecule has 3 aromatic rings. The number of nitrogens with zero attached hydrogens (tertiary/aromatic N) is 5. The van der Waals surface area contributed by atoms with E-state index in [0.717, 1.165) is 25.1 Å². The van der Waals surface area contributed by atoms with Crippen molar-refractivity contribution in [1.82, 2.24) is 24.6 Å². The molecule has 1 aliphatic carbocycles. The van der Waals surface area contributed by atoms with Gasteiger partial charge in [0.15, 0.2) is 11.5 Å². The zero-order chi connectivity index (χ0) is 18.5. The van der Waals surface area contributed by atoms with Gasteiger partial charge in [0.1, 0.15) is 11.4 Å². The summed E-state index contributed by atoms with van der Waals surface area (Å²) in [6.45, 7) is 8.19. The molecule has 0 atom stereocenters. The van der Waals surface area contributed by atoms with Gasteiger partial charge in [-0.2, -0.15) is 0 Å². The van der Waals surface area contributed by atoms with Gasteiger partial charge in [0.05, 0.1) is 11.9 Å². The highest BCUT2D eigenvalue weighted by atomic mass is 19.1. The Hall–Kier alpha value is -2.57. The molecule has 4 rings (SSSR count). The van der Waals surface area contributed by atoms with Crippen molar-refractivity contribution < 1.29 is 9.13 Å². The fourth-order valence-electron chi connectivity index (χ4n) is 3.11. The Labute approximate surface area is 151 Å². The number of fused-ring (bicyclic) bond motifs is 1. The molecule has 0 N–H and O–H groups in total. The van der Waals surface area contributed by atoms with E-state index in [0.29, 0.717) is 16.9 Å². The summed E-state index contributed by atoms with van der Waals surface area (Å²) < 4.78 is 22.1. The molecule has 0 amide bonds. The fourth-order valence-corrected chi connectivity index (χ4v) is 3.11. The third-order valence-electron chi connectivity index (χ3n) is 4.82. The summed E-state index contributed by atoms with van der Waals surface area (Å²) in [5.74, 6) is 0.400. The highest BCUT2D eigenvalue weighted by molar-refractivity contribution is 5.59. The number of pyridine rings is 1. The minimum Gasteiger partial charge on any atom is -0.469 e. The SMILES string of the molecule is CC1(Oc2ncc(-c3cn4c(C(C)(C)C)nnc4cn3)cc2F)CCC1. The van der Waals surface area contributed by atoms with Crippen molar-refractivity contribution in [3.05, 3.63) is 36.3 Å². The molecule has 0 bridgehead atoms.